The number of oxime groups is 1. The molecule has 232 valence electrons. The molecule has 0 saturated carbocycles. The number of carbonyl (C=O) groups is 2. The van der Waals surface area contributed by atoms with E-state index in [2.05, 4.69) is 9.99 Å². The van der Waals surface area contributed by atoms with Crippen molar-refractivity contribution in [3.05, 3.63) is 111 Å². The maximum atomic E-state index is 15.5. The summed E-state index contributed by atoms with van der Waals surface area (Å²) in [6, 6.07) is 19.4. The molecule has 0 unspecified atom stereocenters. The Bertz CT molecular complexity index is 1620. The second-order valence-electron chi connectivity index (χ2n) is 8.69. The zero-order valence-electron chi connectivity index (χ0n) is 22.9. The first-order valence-corrected chi connectivity index (χ1v) is 15.2. The molecule has 0 bridgehead atoms. The van der Waals surface area contributed by atoms with Gasteiger partial charge in [-0.25, -0.2) is 14.0 Å². The summed E-state index contributed by atoms with van der Waals surface area (Å²) in [6.45, 7) is -0.891. The summed E-state index contributed by atoms with van der Waals surface area (Å²) in [7, 11) is -3.72. The summed E-state index contributed by atoms with van der Waals surface area (Å²) in [4.78, 5) is 29.2. The van der Waals surface area contributed by atoms with Crippen LogP contribution in [-0.2, 0) is 38.2 Å². The Balaban J connectivity index is 1.94. The summed E-state index contributed by atoms with van der Waals surface area (Å²) >= 11 is 18.0. The van der Waals surface area contributed by atoms with Gasteiger partial charge in [0.1, 0.15) is 18.6 Å². The number of hydrogen-bond acceptors (Lipinski definition) is 9. The molecule has 44 heavy (non-hydrogen) atoms. The van der Waals surface area contributed by atoms with Crippen molar-refractivity contribution in [2.45, 2.75) is 23.3 Å². The molecule has 3 rings (SSSR count). The monoisotopic (exact) mass is 683 g/mol. The van der Waals surface area contributed by atoms with Gasteiger partial charge < -0.3 is 14.3 Å². The molecule has 3 atom stereocenters. The van der Waals surface area contributed by atoms with Crippen LogP contribution in [0.25, 0.3) is 12.2 Å². The lowest BCUT2D eigenvalue weighted by atomic mass is 10.1. The minimum atomic E-state index is -4.86. The van der Waals surface area contributed by atoms with Crippen LogP contribution in [0.2, 0.25) is 15.1 Å². The maximum Gasteiger partial charge on any atom is 0.331 e. The van der Waals surface area contributed by atoms with E-state index in [0.29, 0.717) is 17.3 Å². The van der Waals surface area contributed by atoms with Gasteiger partial charge in [-0.3, -0.25) is 4.18 Å². The second kappa shape index (κ2) is 16.9. The van der Waals surface area contributed by atoms with Gasteiger partial charge in [-0.2, -0.15) is 8.42 Å². The first-order valence-electron chi connectivity index (χ1n) is 12.6. The Labute approximate surface area is 268 Å². The molecule has 0 fully saturated rings. The third-order valence-corrected chi connectivity index (χ3v) is 8.07. The van der Waals surface area contributed by atoms with Gasteiger partial charge in [0.15, 0.2) is 18.4 Å². The maximum absolute atomic E-state index is 15.5. The van der Waals surface area contributed by atoms with Crippen molar-refractivity contribution >= 4 is 75.2 Å². The highest BCUT2D eigenvalue weighted by Crippen LogP contribution is 2.33. The highest BCUT2D eigenvalue weighted by atomic mass is 35.5. The van der Waals surface area contributed by atoms with Crippen molar-refractivity contribution in [1.29, 1.82) is 0 Å². The van der Waals surface area contributed by atoms with Gasteiger partial charge in [0.05, 0.1) is 21.3 Å². The lowest BCUT2D eigenvalue weighted by Crippen LogP contribution is -2.45. The zero-order chi connectivity index (χ0) is 32.1. The second-order valence-corrected chi connectivity index (χ2v) is 11.4. The molecule has 3 aromatic carbocycles. The van der Waals surface area contributed by atoms with Crippen LogP contribution in [0.3, 0.4) is 0 Å². The van der Waals surface area contributed by atoms with Gasteiger partial charge in [0, 0.05) is 12.2 Å². The zero-order valence-corrected chi connectivity index (χ0v) is 26.0. The number of halogens is 4. The molecule has 0 radical (unpaired) electrons. The van der Waals surface area contributed by atoms with Crippen molar-refractivity contribution in [1.82, 2.24) is 0 Å². The third-order valence-electron chi connectivity index (χ3n) is 5.55. The number of esters is 2. The molecule has 14 heteroatoms. The molecule has 0 aromatic heterocycles. The molecule has 0 aliphatic rings. The smallest absolute Gasteiger partial charge is 0.331 e. The average molecular weight is 685 g/mol. The Hall–Kier alpha value is -3.74. The van der Waals surface area contributed by atoms with Crippen LogP contribution in [0.5, 0.6) is 0 Å². The number of rotatable bonds is 14. The molecule has 9 nitrogen and oxygen atoms in total. The van der Waals surface area contributed by atoms with Crippen LogP contribution < -0.4 is 0 Å². The van der Waals surface area contributed by atoms with Crippen molar-refractivity contribution in [2.24, 2.45) is 5.16 Å². The number of ether oxygens (including phenoxy) is 2. The van der Waals surface area contributed by atoms with Crippen LogP contribution in [-0.4, -0.2) is 58.7 Å². The standard InChI is InChI=1S/C30H25Cl3FNO8S/c1-40-35-18-25(34)30(42-29(37)15-13-21-10-6-3-7-11-21)26(19-41-28(36)14-12-20-8-4-2-5-9-20)43-44(38,39)27-17-23(32)22(31)16-24(27)33/h2-18,25-26,30H,19H2,1H3/b14-12-,15-13-,35-18+/t25-,26+,30+/m0/s1. The molecule has 0 heterocycles. The fraction of sp³-hybridized carbons (Fsp3) is 0.167. The molecule has 0 saturated heterocycles. The lowest BCUT2D eigenvalue weighted by molar-refractivity contribution is -0.155. The Morgan fingerprint density at radius 3 is 1.98 bits per heavy atom. The SMILES string of the molecule is CO/N=C/[C@H](F)[C@@H](OC(=O)/C=C\c1ccccc1)[C@@H](COC(=O)/C=C\c1ccccc1)OS(=O)(=O)c1cc(Cl)c(Cl)cc1Cl. The highest BCUT2D eigenvalue weighted by Gasteiger charge is 2.38. The Morgan fingerprint density at radius 2 is 1.41 bits per heavy atom. The fourth-order valence-corrected chi connectivity index (χ4v) is 5.53. The number of alkyl halides is 1. The first kappa shape index (κ1) is 34.7. The largest absolute Gasteiger partial charge is 0.460 e. The van der Waals surface area contributed by atoms with Gasteiger partial charge in [-0.15, -0.1) is 0 Å². The van der Waals surface area contributed by atoms with Gasteiger partial charge in [0.2, 0.25) is 0 Å². The van der Waals surface area contributed by atoms with Gasteiger partial charge in [-0.05, 0) is 35.4 Å². The van der Waals surface area contributed by atoms with Crippen LogP contribution in [0.1, 0.15) is 11.1 Å². The van der Waals surface area contributed by atoms with Crippen LogP contribution >= 0.6 is 34.8 Å². The normalized spacial score (nSPS) is 14.0. The van der Waals surface area contributed by atoms with Crippen molar-refractivity contribution in [3.63, 3.8) is 0 Å². The van der Waals surface area contributed by atoms with E-state index in [4.69, 9.17) is 48.5 Å². The fourth-order valence-electron chi connectivity index (χ4n) is 3.48. The first-order chi connectivity index (χ1) is 21.0. The molecule has 3 aromatic rings. The summed E-state index contributed by atoms with van der Waals surface area (Å²) in [6.07, 6.45) is -0.752. The van der Waals surface area contributed by atoms with Gasteiger partial charge >= 0.3 is 11.9 Å². The topological polar surface area (TPSA) is 118 Å². The number of nitrogens with zero attached hydrogens (tertiary/aromatic N) is 1. The van der Waals surface area contributed by atoms with E-state index in [-0.39, 0.29) is 15.1 Å². The summed E-state index contributed by atoms with van der Waals surface area (Å²) in [5.74, 6) is -2.00. The minimum absolute atomic E-state index is 0.0390. The van der Waals surface area contributed by atoms with E-state index < -0.39 is 51.9 Å². The molecule has 0 spiro atoms. The lowest BCUT2D eigenvalue weighted by Gasteiger charge is -2.27. The van der Waals surface area contributed by atoms with Gasteiger partial charge in [-0.1, -0.05) is 101 Å². The van der Waals surface area contributed by atoms with Gasteiger partial charge in [0.25, 0.3) is 10.1 Å². The Kier molecular flexibility index (Phi) is 13.4. The van der Waals surface area contributed by atoms with E-state index in [1.165, 1.54) is 12.2 Å². The van der Waals surface area contributed by atoms with E-state index in [0.717, 1.165) is 31.4 Å². The molecule has 0 aliphatic heterocycles. The molecular formula is C30H25Cl3FNO8S. The highest BCUT2D eigenvalue weighted by molar-refractivity contribution is 7.87. The number of hydrogen-bond donors (Lipinski definition) is 0. The quantitative estimate of drug-likeness (QED) is 0.0467. The van der Waals surface area contributed by atoms with E-state index in [9.17, 15) is 18.0 Å². The predicted molar refractivity (Wildman–Crippen MR) is 166 cm³/mol. The van der Waals surface area contributed by atoms with Crippen molar-refractivity contribution in [3.8, 4) is 0 Å². The molecule has 0 aliphatic carbocycles. The van der Waals surface area contributed by atoms with Crippen LogP contribution in [0.4, 0.5) is 4.39 Å². The molecule has 0 amide bonds. The minimum Gasteiger partial charge on any atom is -0.460 e. The predicted octanol–water partition coefficient (Wildman–Crippen LogP) is 6.57. The van der Waals surface area contributed by atoms with E-state index in [1.54, 1.807) is 60.7 Å². The summed E-state index contributed by atoms with van der Waals surface area (Å²) in [5, 5.41) is 2.77. The molecule has 0 N–H and O–H groups in total. The summed E-state index contributed by atoms with van der Waals surface area (Å²) < 4.78 is 57.9. The Morgan fingerprint density at radius 1 is 0.864 bits per heavy atom. The van der Waals surface area contributed by atoms with E-state index >= 15 is 4.39 Å². The van der Waals surface area contributed by atoms with Crippen molar-refractivity contribution in [2.75, 3.05) is 13.7 Å². The third kappa shape index (κ3) is 10.8. The molecular weight excluding hydrogens is 660 g/mol. The number of carbonyl (C=O) groups excluding carboxylic acids is 2. The van der Waals surface area contributed by atoms with Crippen LogP contribution in [0.15, 0.2) is 95.0 Å². The summed E-state index contributed by atoms with van der Waals surface area (Å²) in [5.41, 5.74) is 1.30. The van der Waals surface area contributed by atoms with Crippen molar-refractivity contribution < 1.29 is 40.9 Å². The van der Waals surface area contributed by atoms with E-state index in [1.807, 2.05) is 0 Å². The van der Waals surface area contributed by atoms with Crippen LogP contribution in [0, 0.1) is 0 Å². The number of benzene rings is 3. The average Bonchev–Trinajstić information content (AvgIpc) is 3.01.